The van der Waals surface area contributed by atoms with Crippen LogP contribution in [0.2, 0.25) is 0 Å². The first kappa shape index (κ1) is 10.2. The van der Waals surface area contributed by atoms with E-state index in [4.69, 9.17) is 0 Å². The Hall–Kier alpha value is -0.340. The van der Waals surface area contributed by atoms with Crippen LogP contribution in [-0.2, 0) is 6.54 Å². The van der Waals surface area contributed by atoms with E-state index in [0.29, 0.717) is 0 Å². The Morgan fingerprint density at radius 1 is 1.43 bits per heavy atom. The average Bonchev–Trinajstić information content (AvgIpc) is 2.69. The fourth-order valence-electron chi connectivity index (χ4n) is 2.26. The van der Waals surface area contributed by atoms with Crippen molar-refractivity contribution in [3.05, 3.63) is 22.4 Å². The molecule has 78 valence electrons. The lowest BCUT2D eigenvalue weighted by Gasteiger charge is -2.29. The first-order chi connectivity index (χ1) is 6.86. The van der Waals surface area contributed by atoms with Crippen LogP contribution in [-0.4, -0.2) is 6.04 Å². The van der Waals surface area contributed by atoms with Crippen LogP contribution in [0.5, 0.6) is 0 Å². The molecule has 0 bridgehead atoms. The predicted molar refractivity (Wildman–Crippen MR) is 62.6 cm³/mol. The quantitative estimate of drug-likeness (QED) is 0.804. The van der Waals surface area contributed by atoms with Crippen molar-refractivity contribution in [3.63, 3.8) is 0 Å². The second kappa shape index (κ2) is 4.94. The Kier molecular flexibility index (Phi) is 3.60. The third-order valence-electron chi connectivity index (χ3n) is 3.23. The molecular formula is C12H19NS. The summed E-state index contributed by atoms with van der Waals surface area (Å²) in [6.07, 6.45) is 5.61. The molecule has 1 nitrogen and oxygen atoms in total. The molecule has 2 rings (SSSR count). The summed E-state index contributed by atoms with van der Waals surface area (Å²) in [5, 5.41) is 5.84. The van der Waals surface area contributed by atoms with Crippen molar-refractivity contribution in [3.8, 4) is 0 Å². The molecule has 0 aliphatic heterocycles. The summed E-state index contributed by atoms with van der Waals surface area (Å²) in [7, 11) is 0. The van der Waals surface area contributed by atoms with Gasteiger partial charge in [-0.3, -0.25) is 0 Å². The highest BCUT2D eigenvalue weighted by atomic mass is 32.1. The Bertz CT molecular complexity index is 255. The summed E-state index contributed by atoms with van der Waals surface area (Å²) in [5.74, 6) is 0.865. The topological polar surface area (TPSA) is 12.0 Å². The minimum Gasteiger partial charge on any atom is -0.309 e. The fourth-order valence-corrected chi connectivity index (χ4v) is 2.92. The SMILES string of the molecule is CC1CCCCC1NCc1cccs1. The van der Waals surface area contributed by atoms with Crippen molar-refractivity contribution in [2.75, 3.05) is 0 Å². The van der Waals surface area contributed by atoms with Crippen molar-refractivity contribution in [2.24, 2.45) is 5.92 Å². The number of nitrogens with one attached hydrogen (secondary N) is 1. The van der Waals surface area contributed by atoms with Crippen LogP contribution in [0.25, 0.3) is 0 Å². The van der Waals surface area contributed by atoms with Gasteiger partial charge in [-0.25, -0.2) is 0 Å². The summed E-state index contributed by atoms with van der Waals surface area (Å²) in [5.41, 5.74) is 0. The van der Waals surface area contributed by atoms with Crippen LogP contribution in [0, 0.1) is 5.92 Å². The van der Waals surface area contributed by atoms with E-state index in [2.05, 4.69) is 29.8 Å². The lowest BCUT2D eigenvalue weighted by atomic mass is 9.86. The normalized spacial score (nSPS) is 27.8. The maximum absolute atomic E-state index is 3.68. The largest absolute Gasteiger partial charge is 0.309 e. The molecule has 1 N–H and O–H groups in total. The molecule has 2 atom stereocenters. The second-order valence-electron chi connectivity index (χ2n) is 4.33. The molecule has 1 aliphatic carbocycles. The van der Waals surface area contributed by atoms with E-state index < -0.39 is 0 Å². The average molecular weight is 209 g/mol. The van der Waals surface area contributed by atoms with E-state index >= 15 is 0 Å². The first-order valence-corrected chi connectivity index (χ1v) is 6.50. The van der Waals surface area contributed by atoms with Crippen molar-refractivity contribution >= 4 is 11.3 Å². The zero-order valence-corrected chi connectivity index (χ0v) is 9.65. The molecule has 0 saturated heterocycles. The number of hydrogen-bond acceptors (Lipinski definition) is 2. The summed E-state index contributed by atoms with van der Waals surface area (Å²) >= 11 is 1.85. The zero-order valence-electron chi connectivity index (χ0n) is 8.83. The van der Waals surface area contributed by atoms with Crippen LogP contribution in [0.3, 0.4) is 0 Å². The monoisotopic (exact) mass is 209 g/mol. The van der Waals surface area contributed by atoms with Crippen molar-refractivity contribution in [2.45, 2.75) is 45.2 Å². The van der Waals surface area contributed by atoms with Gasteiger partial charge < -0.3 is 5.32 Å². The van der Waals surface area contributed by atoms with E-state index in [1.165, 1.54) is 30.6 Å². The van der Waals surface area contributed by atoms with E-state index in [1.54, 1.807) is 0 Å². The Morgan fingerprint density at radius 2 is 2.29 bits per heavy atom. The van der Waals surface area contributed by atoms with Gasteiger partial charge in [0.05, 0.1) is 0 Å². The highest BCUT2D eigenvalue weighted by Gasteiger charge is 2.20. The fraction of sp³-hybridized carbons (Fsp3) is 0.667. The third kappa shape index (κ3) is 2.58. The molecular weight excluding hydrogens is 190 g/mol. The molecule has 1 fully saturated rings. The molecule has 1 heterocycles. The van der Waals surface area contributed by atoms with Crippen molar-refractivity contribution < 1.29 is 0 Å². The molecule has 2 heteroatoms. The van der Waals surface area contributed by atoms with E-state index in [9.17, 15) is 0 Å². The Labute approximate surface area is 90.5 Å². The molecule has 0 amide bonds. The van der Waals surface area contributed by atoms with Crippen LogP contribution in [0.1, 0.15) is 37.5 Å². The van der Waals surface area contributed by atoms with Crippen molar-refractivity contribution in [1.82, 2.24) is 5.32 Å². The van der Waals surface area contributed by atoms with Gasteiger partial charge in [0, 0.05) is 17.5 Å². The summed E-state index contributed by atoms with van der Waals surface area (Å²) in [6, 6.07) is 5.10. The maximum Gasteiger partial charge on any atom is 0.0302 e. The minimum atomic E-state index is 0.755. The molecule has 0 spiro atoms. The number of rotatable bonds is 3. The van der Waals surface area contributed by atoms with Gasteiger partial charge in [0.25, 0.3) is 0 Å². The van der Waals surface area contributed by atoms with Gasteiger partial charge in [0.1, 0.15) is 0 Å². The third-order valence-corrected chi connectivity index (χ3v) is 4.11. The lowest BCUT2D eigenvalue weighted by molar-refractivity contribution is 0.280. The van der Waals surface area contributed by atoms with Gasteiger partial charge in [-0.1, -0.05) is 25.8 Å². The molecule has 14 heavy (non-hydrogen) atoms. The first-order valence-electron chi connectivity index (χ1n) is 5.62. The Balaban J connectivity index is 1.79. The van der Waals surface area contributed by atoms with E-state index in [-0.39, 0.29) is 0 Å². The van der Waals surface area contributed by atoms with Gasteiger partial charge in [0.15, 0.2) is 0 Å². The van der Waals surface area contributed by atoms with Gasteiger partial charge in [-0.05, 0) is 30.2 Å². The minimum absolute atomic E-state index is 0.755. The molecule has 1 aromatic rings. The highest BCUT2D eigenvalue weighted by Crippen LogP contribution is 2.24. The summed E-state index contributed by atoms with van der Waals surface area (Å²) < 4.78 is 0. The molecule has 0 radical (unpaired) electrons. The number of thiophene rings is 1. The lowest BCUT2D eigenvalue weighted by Crippen LogP contribution is -2.36. The van der Waals surface area contributed by atoms with Crippen LogP contribution in [0.4, 0.5) is 0 Å². The predicted octanol–water partition coefficient (Wildman–Crippen LogP) is 3.42. The van der Waals surface area contributed by atoms with Crippen molar-refractivity contribution in [1.29, 1.82) is 0 Å². The molecule has 1 saturated carbocycles. The van der Waals surface area contributed by atoms with Crippen LogP contribution < -0.4 is 5.32 Å². The van der Waals surface area contributed by atoms with Gasteiger partial charge in [-0.2, -0.15) is 0 Å². The number of hydrogen-bond donors (Lipinski definition) is 1. The van der Waals surface area contributed by atoms with Gasteiger partial charge in [-0.15, -0.1) is 11.3 Å². The van der Waals surface area contributed by atoms with Crippen LogP contribution >= 0.6 is 11.3 Å². The molecule has 2 unspecified atom stereocenters. The zero-order chi connectivity index (χ0) is 9.80. The molecule has 1 aromatic heterocycles. The highest BCUT2D eigenvalue weighted by molar-refractivity contribution is 7.09. The smallest absolute Gasteiger partial charge is 0.0302 e. The van der Waals surface area contributed by atoms with Crippen LogP contribution in [0.15, 0.2) is 17.5 Å². The summed E-state index contributed by atoms with van der Waals surface area (Å²) in [6.45, 7) is 3.44. The van der Waals surface area contributed by atoms with Gasteiger partial charge in [0.2, 0.25) is 0 Å². The van der Waals surface area contributed by atoms with Gasteiger partial charge >= 0.3 is 0 Å². The standard InChI is InChI=1S/C12H19NS/c1-10-5-2-3-7-12(10)13-9-11-6-4-8-14-11/h4,6,8,10,12-13H,2-3,5,7,9H2,1H3. The molecule has 1 aliphatic rings. The summed E-state index contributed by atoms with van der Waals surface area (Å²) in [4.78, 5) is 1.46. The second-order valence-corrected chi connectivity index (χ2v) is 5.36. The maximum atomic E-state index is 3.68. The molecule has 0 aromatic carbocycles. The van der Waals surface area contributed by atoms with E-state index in [1.807, 2.05) is 11.3 Å². The van der Waals surface area contributed by atoms with E-state index in [0.717, 1.165) is 18.5 Å². The Morgan fingerprint density at radius 3 is 3.00 bits per heavy atom.